The molecule has 32 heavy (non-hydrogen) atoms. The first-order chi connectivity index (χ1) is 15.2. The third kappa shape index (κ3) is 5.99. The van der Waals surface area contributed by atoms with Crippen molar-refractivity contribution in [1.29, 1.82) is 0 Å². The molecule has 0 unspecified atom stereocenters. The second-order valence-corrected chi connectivity index (χ2v) is 7.24. The van der Waals surface area contributed by atoms with Crippen LogP contribution < -0.4 is 4.74 Å². The van der Waals surface area contributed by atoms with Gasteiger partial charge in [0.05, 0.1) is 0 Å². The lowest BCUT2D eigenvalue weighted by Crippen LogP contribution is -2.19. The predicted octanol–water partition coefficient (Wildman–Crippen LogP) is 7.25. The number of ether oxygens (including phenoxy) is 1. The Hall–Kier alpha value is -3.10. The number of nitrogens with zero attached hydrogens (tertiary/aromatic N) is 2. The number of hydrogen-bond donors (Lipinski definition) is 0. The molecule has 0 amide bonds. The predicted molar refractivity (Wildman–Crippen MR) is 107 cm³/mol. The van der Waals surface area contributed by atoms with Crippen LogP contribution in [0.3, 0.4) is 0 Å². The normalized spacial score (nSPS) is 11.6. The zero-order chi connectivity index (χ0) is 23.3. The molecule has 0 aliphatic heterocycles. The molecule has 0 fully saturated rings. The molecule has 0 saturated heterocycles. The summed E-state index contributed by atoms with van der Waals surface area (Å²) in [5, 5.41) is 0. The van der Waals surface area contributed by atoms with Crippen molar-refractivity contribution in [2.24, 2.45) is 0 Å². The summed E-state index contributed by atoms with van der Waals surface area (Å²) >= 11 is 0. The molecule has 0 radical (unpaired) electrons. The first-order valence-electron chi connectivity index (χ1n) is 10.0. The van der Waals surface area contributed by atoms with Crippen molar-refractivity contribution in [2.45, 2.75) is 45.4 Å². The molecule has 3 nitrogen and oxygen atoms in total. The van der Waals surface area contributed by atoms with Gasteiger partial charge in [-0.15, -0.1) is 13.2 Å². The third-order valence-electron chi connectivity index (χ3n) is 4.79. The summed E-state index contributed by atoms with van der Waals surface area (Å²) in [6.45, 7) is 2.12. The van der Waals surface area contributed by atoms with Gasteiger partial charge in [-0.1, -0.05) is 38.3 Å². The number of hydrogen-bond acceptors (Lipinski definition) is 3. The van der Waals surface area contributed by atoms with Gasteiger partial charge in [-0.05, 0) is 36.6 Å². The number of aryl methyl sites for hydroxylation is 1. The molecule has 170 valence electrons. The van der Waals surface area contributed by atoms with Gasteiger partial charge in [-0.25, -0.2) is 23.1 Å². The molecule has 0 aliphatic rings. The fraction of sp³-hybridized carbons (Fsp3) is 0.304. The van der Waals surface area contributed by atoms with Crippen LogP contribution in [-0.4, -0.2) is 16.3 Å². The zero-order valence-electron chi connectivity index (χ0n) is 17.1. The van der Waals surface area contributed by atoms with Crippen LogP contribution in [-0.2, 0) is 6.42 Å². The molecular formula is C23H20F6N2O. The molecule has 3 aromatic rings. The first-order valence-corrected chi connectivity index (χ1v) is 10.0. The topological polar surface area (TPSA) is 35.0 Å². The lowest BCUT2D eigenvalue weighted by atomic mass is 10.0. The number of alkyl halides is 3. The van der Waals surface area contributed by atoms with Gasteiger partial charge in [0, 0.05) is 29.1 Å². The van der Waals surface area contributed by atoms with Crippen molar-refractivity contribution in [2.75, 3.05) is 0 Å². The number of unbranched alkanes of at least 4 members (excludes halogenated alkanes) is 3. The van der Waals surface area contributed by atoms with Crippen LogP contribution in [0.15, 0.2) is 42.7 Å². The minimum Gasteiger partial charge on any atom is -0.399 e. The van der Waals surface area contributed by atoms with Crippen molar-refractivity contribution in [3.63, 3.8) is 0 Å². The summed E-state index contributed by atoms with van der Waals surface area (Å²) in [7, 11) is 0. The van der Waals surface area contributed by atoms with Crippen molar-refractivity contribution in [3.05, 3.63) is 65.7 Å². The van der Waals surface area contributed by atoms with E-state index in [4.69, 9.17) is 0 Å². The Morgan fingerprint density at radius 2 is 1.47 bits per heavy atom. The lowest BCUT2D eigenvalue weighted by Gasteiger charge is -2.11. The van der Waals surface area contributed by atoms with Crippen molar-refractivity contribution in [3.8, 4) is 28.3 Å². The van der Waals surface area contributed by atoms with Crippen molar-refractivity contribution >= 4 is 0 Å². The van der Waals surface area contributed by atoms with Crippen molar-refractivity contribution in [1.82, 2.24) is 9.97 Å². The average molecular weight is 454 g/mol. The SMILES string of the molecule is CCCCCCc1ccc(-c2cnc(-c3cc(F)c(OC(F)(F)F)c(F)c3)nc2)c(F)c1. The average Bonchev–Trinajstić information content (AvgIpc) is 2.73. The van der Waals surface area contributed by atoms with E-state index in [-0.39, 0.29) is 17.0 Å². The quantitative estimate of drug-likeness (QED) is 0.266. The molecule has 0 aliphatic carbocycles. The maximum Gasteiger partial charge on any atom is 0.573 e. The van der Waals surface area contributed by atoms with Crippen LogP contribution in [0.1, 0.15) is 38.2 Å². The molecule has 0 saturated carbocycles. The summed E-state index contributed by atoms with van der Waals surface area (Å²) in [5.74, 6) is -5.25. The highest BCUT2D eigenvalue weighted by Gasteiger charge is 2.34. The molecular weight excluding hydrogens is 434 g/mol. The lowest BCUT2D eigenvalue weighted by molar-refractivity contribution is -0.276. The van der Waals surface area contributed by atoms with Crippen LogP contribution in [0.2, 0.25) is 0 Å². The molecule has 1 aromatic heterocycles. The van der Waals surface area contributed by atoms with E-state index in [1.807, 2.05) is 6.07 Å². The highest BCUT2D eigenvalue weighted by atomic mass is 19.4. The van der Waals surface area contributed by atoms with Gasteiger partial charge in [0.25, 0.3) is 0 Å². The highest BCUT2D eigenvalue weighted by molar-refractivity contribution is 5.65. The molecule has 0 atom stereocenters. The minimum absolute atomic E-state index is 0.141. The minimum atomic E-state index is -5.24. The van der Waals surface area contributed by atoms with Crippen LogP contribution in [0.5, 0.6) is 5.75 Å². The molecule has 0 bridgehead atoms. The summed E-state index contributed by atoms with van der Waals surface area (Å²) in [6, 6.07) is 6.16. The Kier molecular flexibility index (Phi) is 7.37. The Morgan fingerprint density at radius 1 is 0.812 bits per heavy atom. The van der Waals surface area contributed by atoms with Crippen LogP contribution in [0.4, 0.5) is 26.3 Å². The summed E-state index contributed by atoms with van der Waals surface area (Å²) in [5.41, 5.74) is 1.30. The second-order valence-electron chi connectivity index (χ2n) is 7.24. The number of aromatic nitrogens is 2. The molecule has 3 rings (SSSR count). The first kappa shape index (κ1) is 23.6. The summed E-state index contributed by atoms with van der Waals surface area (Å²) in [6.07, 6.45) is 2.40. The highest BCUT2D eigenvalue weighted by Crippen LogP contribution is 2.32. The number of halogens is 6. The van der Waals surface area contributed by atoms with E-state index in [9.17, 15) is 26.3 Å². The standard InChI is InChI=1S/C23H20F6N2O/c1-2-3-4-5-6-14-7-8-17(18(24)9-14)16-12-30-22(31-13-16)15-10-19(25)21(20(26)11-15)32-23(27,28)29/h7-13H,2-6H2,1H3. The monoisotopic (exact) mass is 454 g/mol. The Morgan fingerprint density at radius 3 is 2.03 bits per heavy atom. The molecule has 0 spiro atoms. The maximum absolute atomic E-state index is 14.6. The van der Waals surface area contributed by atoms with Gasteiger partial charge in [-0.2, -0.15) is 0 Å². The van der Waals surface area contributed by atoms with E-state index in [1.165, 1.54) is 18.5 Å². The van der Waals surface area contributed by atoms with Crippen LogP contribution >= 0.6 is 0 Å². The number of rotatable bonds is 8. The van der Waals surface area contributed by atoms with Crippen LogP contribution in [0, 0.1) is 17.5 Å². The van der Waals surface area contributed by atoms with Crippen molar-refractivity contribution < 1.29 is 31.1 Å². The number of benzene rings is 2. The molecule has 1 heterocycles. The Balaban J connectivity index is 1.78. The largest absolute Gasteiger partial charge is 0.573 e. The van der Waals surface area contributed by atoms with E-state index in [2.05, 4.69) is 21.6 Å². The van der Waals surface area contributed by atoms with Gasteiger partial charge >= 0.3 is 6.36 Å². The van der Waals surface area contributed by atoms with Gasteiger partial charge < -0.3 is 4.74 Å². The van der Waals surface area contributed by atoms with E-state index in [0.717, 1.165) is 37.7 Å². The fourth-order valence-electron chi connectivity index (χ4n) is 3.22. The molecule has 0 N–H and O–H groups in total. The van der Waals surface area contributed by atoms with Gasteiger partial charge in [0.1, 0.15) is 5.82 Å². The van der Waals surface area contributed by atoms with E-state index >= 15 is 0 Å². The Labute approximate surface area is 181 Å². The summed E-state index contributed by atoms with van der Waals surface area (Å²) < 4.78 is 82.6. The fourth-order valence-corrected chi connectivity index (χ4v) is 3.22. The maximum atomic E-state index is 14.6. The third-order valence-corrected chi connectivity index (χ3v) is 4.79. The van der Waals surface area contributed by atoms with E-state index in [1.54, 1.807) is 6.07 Å². The smallest absolute Gasteiger partial charge is 0.399 e. The molecule has 2 aromatic carbocycles. The second kappa shape index (κ2) is 10.0. The zero-order valence-corrected chi connectivity index (χ0v) is 17.1. The van der Waals surface area contributed by atoms with Gasteiger partial charge in [0.2, 0.25) is 5.75 Å². The van der Waals surface area contributed by atoms with Gasteiger partial charge in [0.15, 0.2) is 17.5 Å². The van der Waals surface area contributed by atoms with E-state index < -0.39 is 29.6 Å². The summed E-state index contributed by atoms with van der Waals surface area (Å²) in [4.78, 5) is 7.94. The Bertz CT molecular complexity index is 1040. The van der Waals surface area contributed by atoms with Crippen LogP contribution in [0.25, 0.3) is 22.5 Å². The van der Waals surface area contributed by atoms with E-state index in [0.29, 0.717) is 17.7 Å². The van der Waals surface area contributed by atoms with Gasteiger partial charge in [-0.3, -0.25) is 0 Å². The molecule has 9 heteroatoms.